The Kier molecular flexibility index (Phi) is 3.31. The van der Waals surface area contributed by atoms with Gasteiger partial charge < -0.3 is 9.90 Å². The maximum Gasteiger partial charge on any atom is 0.132 e. The van der Waals surface area contributed by atoms with Crippen molar-refractivity contribution in [3.8, 4) is 0 Å². The molecular formula is C13H19O3-. The number of carbonyl (C=O) groups is 2. The van der Waals surface area contributed by atoms with Gasteiger partial charge in [-0.3, -0.25) is 4.79 Å². The molecule has 2 saturated carbocycles. The first-order valence-electron chi connectivity index (χ1n) is 6.31. The minimum atomic E-state index is -0.917. The highest BCUT2D eigenvalue weighted by atomic mass is 16.4. The van der Waals surface area contributed by atoms with Crippen molar-refractivity contribution in [3.63, 3.8) is 0 Å². The lowest BCUT2D eigenvalue weighted by atomic mass is 9.63. The van der Waals surface area contributed by atoms with E-state index in [0.717, 1.165) is 51.4 Å². The van der Waals surface area contributed by atoms with Crippen LogP contribution in [-0.2, 0) is 9.59 Å². The average Bonchev–Trinajstić information content (AvgIpc) is 2.26. The molecule has 2 aliphatic carbocycles. The second-order valence-corrected chi connectivity index (χ2v) is 5.56. The summed E-state index contributed by atoms with van der Waals surface area (Å²) >= 11 is 0. The van der Waals surface area contributed by atoms with E-state index in [1.165, 1.54) is 0 Å². The van der Waals surface area contributed by atoms with E-state index in [9.17, 15) is 14.7 Å². The monoisotopic (exact) mass is 223 g/mol. The Labute approximate surface area is 96.2 Å². The first kappa shape index (κ1) is 11.6. The molecule has 0 unspecified atom stereocenters. The number of ketones is 1. The molecule has 0 heterocycles. The van der Waals surface area contributed by atoms with Crippen molar-refractivity contribution in [1.82, 2.24) is 0 Å². The van der Waals surface area contributed by atoms with Gasteiger partial charge in [-0.1, -0.05) is 0 Å². The van der Waals surface area contributed by atoms with E-state index in [1.807, 2.05) is 0 Å². The van der Waals surface area contributed by atoms with Gasteiger partial charge in [-0.15, -0.1) is 0 Å². The predicted octanol–water partition coefficient (Wildman–Crippen LogP) is 1.45. The van der Waals surface area contributed by atoms with Crippen LogP contribution in [0.15, 0.2) is 0 Å². The molecule has 3 nitrogen and oxygen atoms in total. The minimum Gasteiger partial charge on any atom is -0.550 e. The van der Waals surface area contributed by atoms with Crippen molar-refractivity contribution in [2.45, 2.75) is 57.8 Å². The second kappa shape index (κ2) is 4.56. The van der Waals surface area contributed by atoms with Crippen LogP contribution in [-0.4, -0.2) is 11.8 Å². The number of carboxylic acids is 1. The van der Waals surface area contributed by atoms with Crippen LogP contribution in [0.3, 0.4) is 0 Å². The normalized spacial score (nSPS) is 25.9. The molecular weight excluding hydrogens is 204 g/mol. The molecule has 0 bridgehead atoms. The summed E-state index contributed by atoms with van der Waals surface area (Å²) < 4.78 is 0. The van der Waals surface area contributed by atoms with Gasteiger partial charge in [-0.05, 0) is 56.3 Å². The first-order valence-corrected chi connectivity index (χ1v) is 6.31. The topological polar surface area (TPSA) is 57.2 Å². The van der Waals surface area contributed by atoms with Gasteiger partial charge in [0.15, 0.2) is 0 Å². The number of Topliss-reactive ketones (excluding diaryl/α,β-unsaturated/α-hetero) is 1. The summed E-state index contributed by atoms with van der Waals surface area (Å²) in [5.74, 6) is -0.199. The second-order valence-electron chi connectivity index (χ2n) is 5.56. The van der Waals surface area contributed by atoms with E-state index in [4.69, 9.17) is 0 Å². The zero-order chi connectivity index (χ0) is 11.6. The highest BCUT2D eigenvalue weighted by molar-refractivity contribution is 5.79. The maximum atomic E-state index is 11.2. The maximum absolute atomic E-state index is 11.2. The van der Waals surface area contributed by atoms with Crippen molar-refractivity contribution in [2.75, 3.05) is 0 Å². The molecule has 0 aromatic carbocycles. The van der Waals surface area contributed by atoms with Crippen LogP contribution in [0, 0.1) is 11.3 Å². The minimum absolute atomic E-state index is 0.217. The molecule has 0 radical (unpaired) electrons. The molecule has 0 N–H and O–H groups in total. The van der Waals surface area contributed by atoms with E-state index < -0.39 is 5.97 Å². The number of hydrogen-bond acceptors (Lipinski definition) is 3. The molecule has 1 spiro atoms. The van der Waals surface area contributed by atoms with E-state index in [0.29, 0.717) is 17.1 Å². The Hall–Kier alpha value is -0.860. The van der Waals surface area contributed by atoms with Gasteiger partial charge in [0.1, 0.15) is 5.78 Å². The fourth-order valence-electron chi connectivity index (χ4n) is 3.29. The molecule has 0 aromatic rings. The molecule has 0 amide bonds. The quantitative estimate of drug-likeness (QED) is 0.712. The first-order chi connectivity index (χ1) is 7.60. The third-order valence-electron chi connectivity index (χ3n) is 4.49. The van der Waals surface area contributed by atoms with Gasteiger partial charge in [0.25, 0.3) is 0 Å². The summed E-state index contributed by atoms with van der Waals surface area (Å²) in [6.07, 6.45) is 7.99. The molecule has 3 heteroatoms. The van der Waals surface area contributed by atoms with Crippen molar-refractivity contribution in [1.29, 1.82) is 0 Å². The molecule has 2 rings (SSSR count). The van der Waals surface area contributed by atoms with Crippen LogP contribution >= 0.6 is 0 Å². The van der Waals surface area contributed by atoms with Gasteiger partial charge in [0, 0.05) is 18.8 Å². The summed E-state index contributed by atoms with van der Waals surface area (Å²) in [7, 11) is 0. The zero-order valence-electron chi connectivity index (χ0n) is 9.67. The van der Waals surface area contributed by atoms with Crippen molar-refractivity contribution < 1.29 is 14.7 Å². The Bertz CT molecular complexity index is 276. The van der Waals surface area contributed by atoms with E-state index >= 15 is 0 Å². The molecule has 0 aromatic heterocycles. The molecule has 90 valence electrons. The fraction of sp³-hybridized carbons (Fsp3) is 0.846. The van der Waals surface area contributed by atoms with Crippen LogP contribution in [0.1, 0.15) is 57.8 Å². The molecule has 0 aliphatic heterocycles. The SMILES string of the molecule is O=C([O-])CC1CCC2(CCC(=O)CC2)CC1. The molecule has 0 atom stereocenters. The van der Waals surface area contributed by atoms with Gasteiger partial charge in [0.05, 0.1) is 0 Å². The van der Waals surface area contributed by atoms with Crippen LogP contribution in [0.25, 0.3) is 0 Å². The smallest absolute Gasteiger partial charge is 0.132 e. The summed E-state index contributed by atoms with van der Waals surface area (Å²) in [6.45, 7) is 0. The lowest BCUT2D eigenvalue weighted by Crippen LogP contribution is -2.34. The van der Waals surface area contributed by atoms with E-state index in [2.05, 4.69) is 0 Å². The summed E-state index contributed by atoms with van der Waals surface area (Å²) in [5.41, 5.74) is 0.371. The van der Waals surface area contributed by atoms with Crippen LogP contribution < -0.4 is 5.11 Å². The van der Waals surface area contributed by atoms with Crippen LogP contribution in [0.5, 0.6) is 0 Å². The summed E-state index contributed by atoms with van der Waals surface area (Å²) in [5, 5.41) is 10.5. The Morgan fingerprint density at radius 3 is 2.25 bits per heavy atom. The lowest BCUT2D eigenvalue weighted by Gasteiger charge is -2.42. The Morgan fingerprint density at radius 1 is 1.19 bits per heavy atom. The average molecular weight is 223 g/mol. The van der Waals surface area contributed by atoms with Crippen LogP contribution in [0.4, 0.5) is 0 Å². The fourth-order valence-corrected chi connectivity index (χ4v) is 3.29. The summed E-state index contributed by atoms with van der Waals surface area (Å²) in [6, 6.07) is 0. The number of carboxylic acid groups (broad SMARTS) is 1. The standard InChI is InChI=1S/C13H20O3/c14-11-3-7-13(8-4-11)5-1-10(2-6-13)9-12(15)16/h10H,1-9H2,(H,15,16)/p-1. The molecule has 16 heavy (non-hydrogen) atoms. The van der Waals surface area contributed by atoms with E-state index in [-0.39, 0.29) is 6.42 Å². The largest absolute Gasteiger partial charge is 0.550 e. The van der Waals surface area contributed by atoms with Gasteiger partial charge >= 0.3 is 0 Å². The number of hydrogen-bond donors (Lipinski definition) is 0. The van der Waals surface area contributed by atoms with Gasteiger partial charge in [0.2, 0.25) is 0 Å². The van der Waals surface area contributed by atoms with Crippen molar-refractivity contribution in [2.24, 2.45) is 11.3 Å². The number of aliphatic carboxylic acids is 1. The third-order valence-corrected chi connectivity index (χ3v) is 4.49. The summed E-state index contributed by atoms with van der Waals surface area (Å²) in [4.78, 5) is 21.7. The molecule has 2 fully saturated rings. The van der Waals surface area contributed by atoms with Gasteiger partial charge in [-0.25, -0.2) is 0 Å². The van der Waals surface area contributed by atoms with Crippen LogP contribution in [0.2, 0.25) is 0 Å². The van der Waals surface area contributed by atoms with Gasteiger partial charge in [-0.2, -0.15) is 0 Å². The van der Waals surface area contributed by atoms with Crippen molar-refractivity contribution >= 4 is 11.8 Å². The highest BCUT2D eigenvalue weighted by Gasteiger charge is 2.37. The molecule has 0 saturated heterocycles. The Morgan fingerprint density at radius 2 is 1.75 bits per heavy atom. The zero-order valence-corrected chi connectivity index (χ0v) is 9.67. The number of carbonyl (C=O) groups excluding carboxylic acids is 2. The Balaban J connectivity index is 1.84. The molecule has 2 aliphatic rings. The lowest BCUT2D eigenvalue weighted by molar-refractivity contribution is -0.307. The highest BCUT2D eigenvalue weighted by Crippen LogP contribution is 2.48. The predicted molar refractivity (Wildman–Crippen MR) is 57.5 cm³/mol. The van der Waals surface area contributed by atoms with Crippen molar-refractivity contribution in [3.05, 3.63) is 0 Å². The number of rotatable bonds is 2. The third kappa shape index (κ3) is 2.63. The van der Waals surface area contributed by atoms with E-state index in [1.54, 1.807) is 0 Å².